The number of aryl methyl sites for hydroxylation is 1. The third kappa shape index (κ3) is 7.46. The highest BCUT2D eigenvalue weighted by molar-refractivity contribution is 5.80. The molecule has 116 valence electrons. The number of nitrogens with zero attached hydrogens (tertiary/aromatic N) is 2. The molecule has 1 aromatic carbocycles. The lowest BCUT2D eigenvalue weighted by Crippen LogP contribution is -2.40. The summed E-state index contributed by atoms with van der Waals surface area (Å²) in [6.45, 7) is 1.15. The van der Waals surface area contributed by atoms with Crippen LogP contribution in [0.5, 0.6) is 0 Å². The van der Waals surface area contributed by atoms with Gasteiger partial charge in [-0.3, -0.25) is 14.5 Å². The van der Waals surface area contributed by atoms with Gasteiger partial charge in [-0.05, 0) is 25.5 Å². The Hall–Kier alpha value is -1.88. The Morgan fingerprint density at radius 2 is 1.71 bits per heavy atom. The van der Waals surface area contributed by atoms with Gasteiger partial charge in [-0.25, -0.2) is 0 Å². The summed E-state index contributed by atoms with van der Waals surface area (Å²) in [7, 11) is 5.19. The van der Waals surface area contributed by atoms with Gasteiger partial charge in [-0.1, -0.05) is 30.3 Å². The summed E-state index contributed by atoms with van der Waals surface area (Å²) in [5, 5.41) is 2.88. The molecule has 0 saturated carbocycles. The molecule has 0 unspecified atom stereocenters. The molecule has 5 heteroatoms. The van der Waals surface area contributed by atoms with E-state index < -0.39 is 0 Å². The molecule has 1 rings (SSSR count). The van der Waals surface area contributed by atoms with Gasteiger partial charge in [0.05, 0.1) is 13.1 Å². The molecule has 0 saturated heterocycles. The first-order valence-electron chi connectivity index (χ1n) is 7.18. The lowest BCUT2D eigenvalue weighted by Gasteiger charge is -2.18. The Labute approximate surface area is 126 Å². The predicted octanol–water partition coefficient (Wildman–Crippen LogP) is 0.755. The zero-order valence-corrected chi connectivity index (χ0v) is 13.1. The average molecular weight is 291 g/mol. The van der Waals surface area contributed by atoms with Crippen LogP contribution in [0.2, 0.25) is 0 Å². The quantitative estimate of drug-likeness (QED) is 0.719. The highest BCUT2D eigenvalue weighted by Crippen LogP contribution is 2.01. The zero-order chi connectivity index (χ0) is 15.7. The van der Waals surface area contributed by atoms with E-state index in [0.717, 1.165) is 12.8 Å². The van der Waals surface area contributed by atoms with Crippen LogP contribution >= 0.6 is 0 Å². The molecule has 0 aliphatic heterocycles. The molecular weight excluding hydrogens is 266 g/mol. The van der Waals surface area contributed by atoms with Crippen molar-refractivity contribution < 1.29 is 9.59 Å². The molecule has 0 spiro atoms. The van der Waals surface area contributed by atoms with E-state index in [2.05, 4.69) is 17.4 Å². The number of amides is 2. The van der Waals surface area contributed by atoms with E-state index >= 15 is 0 Å². The molecule has 0 aliphatic carbocycles. The van der Waals surface area contributed by atoms with Crippen LogP contribution in [0.3, 0.4) is 0 Å². The summed E-state index contributed by atoms with van der Waals surface area (Å²) < 4.78 is 0. The fourth-order valence-electron chi connectivity index (χ4n) is 1.89. The van der Waals surface area contributed by atoms with Crippen molar-refractivity contribution in [3.63, 3.8) is 0 Å². The zero-order valence-electron chi connectivity index (χ0n) is 13.1. The number of hydrogen-bond acceptors (Lipinski definition) is 3. The molecular formula is C16H25N3O2. The van der Waals surface area contributed by atoms with Crippen LogP contribution in [0.1, 0.15) is 12.0 Å². The van der Waals surface area contributed by atoms with E-state index in [-0.39, 0.29) is 24.9 Å². The molecule has 0 heterocycles. The van der Waals surface area contributed by atoms with Crippen molar-refractivity contribution in [3.8, 4) is 0 Å². The van der Waals surface area contributed by atoms with Crippen molar-refractivity contribution >= 4 is 11.8 Å². The molecule has 0 aromatic heterocycles. The van der Waals surface area contributed by atoms with Crippen LogP contribution in [-0.2, 0) is 16.0 Å². The lowest BCUT2D eigenvalue weighted by atomic mass is 10.1. The van der Waals surface area contributed by atoms with Gasteiger partial charge in [0.25, 0.3) is 0 Å². The third-order valence-electron chi connectivity index (χ3n) is 3.12. The number of likely N-dealkylation sites (N-methyl/N-ethyl adjacent to an activating group) is 2. The smallest absolute Gasteiger partial charge is 0.236 e. The number of hydrogen-bond donors (Lipinski definition) is 1. The van der Waals surface area contributed by atoms with Crippen molar-refractivity contribution in [3.05, 3.63) is 35.9 Å². The van der Waals surface area contributed by atoms with Gasteiger partial charge in [0.2, 0.25) is 11.8 Å². The van der Waals surface area contributed by atoms with E-state index in [1.165, 1.54) is 10.5 Å². The van der Waals surface area contributed by atoms with Gasteiger partial charge in [0.1, 0.15) is 0 Å². The largest absolute Gasteiger partial charge is 0.355 e. The molecule has 21 heavy (non-hydrogen) atoms. The number of carbonyl (C=O) groups excluding carboxylic acids is 2. The van der Waals surface area contributed by atoms with Crippen molar-refractivity contribution in [1.82, 2.24) is 15.1 Å². The molecule has 0 aliphatic rings. The van der Waals surface area contributed by atoms with Gasteiger partial charge in [0.15, 0.2) is 0 Å². The van der Waals surface area contributed by atoms with Crippen LogP contribution in [0, 0.1) is 0 Å². The first-order chi connectivity index (χ1) is 9.99. The van der Waals surface area contributed by atoms with Gasteiger partial charge in [0, 0.05) is 20.6 Å². The molecule has 1 aromatic rings. The second kappa shape index (κ2) is 9.13. The molecule has 2 amide bonds. The monoisotopic (exact) mass is 291 g/mol. The second-order valence-corrected chi connectivity index (χ2v) is 5.40. The standard InChI is InChI=1S/C16H25N3O2/c1-18(2)16(21)13-19(3)12-15(20)17-11-7-10-14-8-5-4-6-9-14/h4-6,8-9H,7,10-13H2,1-3H3,(H,17,20). The van der Waals surface area contributed by atoms with Gasteiger partial charge >= 0.3 is 0 Å². The SMILES string of the molecule is CN(CC(=O)NCCCc1ccccc1)CC(=O)N(C)C. The maximum atomic E-state index is 11.7. The minimum absolute atomic E-state index is 0.00521. The summed E-state index contributed by atoms with van der Waals surface area (Å²) in [4.78, 5) is 26.5. The second-order valence-electron chi connectivity index (χ2n) is 5.40. The van der Waals surface area contributed by atoms with Gasteiger partial charge < -0.3 is 10.2 Å². The Morgan fingerprint density at radius 1 is 1.05 bits per heavy atom. The van der Waals surface area contributed by atoms with Crippen LogP contribution < -0.4 is 5.32 Å². The highest BCUT2D eigenvalue weighted by Gasteiger charge is 2.11. The molecule has 5 nitrogen and oxygen atoms in total. The van der Waals surface area contributed by atoms with E-state index in [9.17, 15) is 9.59 Å². The molecule has 0 fully saturated rings. The van der Waals surface area contributed by atoms with Crippen molar-refractivity contribution in [2.45, 2.75) is 12.8 Å². The first-order valence-corrected chi connectivity index (χ1v) is 7.18. The summed E-state index contributed by atoms with van der Waals surface area (Å²) in [5.74, 6) is -0.0495. The van der Waals surface area contributed by atoms with E-state index in [1.807, 2.05) is 18.2 Å². The van der Waals surface area contributed by atoms with Crippen LogP contribution in [0.15, 0.2) is 30.3 Å². The van der Waals surface area contributed by atoms with Gasteiger partial charge in [-0.2, -0.15) is 0 Å². The molecule has 0 atom stereocenters. The molecule has 0 bridgehead atoms. The normalized spacial score (nSPS) is 10.5. The minimum atomic E-state index is -0.0443. The molecule has 1 N–H and O–H groups in total. The van der Waals surface area contributed by atoms with E-state index in [4.69, 9.17) is 0 Å². The summed E-state index contributed by atoms with van der Waals surface area (Å²) >= 11 is 0. The Morgan fingerprint density at radius 3 is 2.33 bits per heavy atom. The van der Waals surface area contributed by atoms with Crippen LogP contribution in [0.4, 0.5) is 0 Å². The minimum Gasteiger partial charge on any atom is -0.355 e. The van der Waals surface area contributed by atoms with Crippen LogP contribution in [0.25, 0.3) is 0 Å². The first kappa shape index (κ1) is 17.2. The fraction of sp³-hybridized carbons (Fsp3) is 0.500. The average Bonchev–Trinajstić information content (AvgIpc) is 2.44. The maximum Gasteiger partial charge on any atom is 0.236 e. The van der Waals surface area contributed by atoms with E-state index in [0.29, 0.717) is 6.54 Å². The number of rotatable bonds is 8. The molecule has 0 radical (unpaired) electrons. The Kier molecular flexibility index (Phi) is 7.46. The summed E-state index contributed by atoms with van der Waals surface area (Å²) in [6.07, 6.45) is 1.87. The van der Waals surface area contributed by atoms with Crippen molar-refractivity contribution in [2.75, 3.05) is 40.8 Å². The fourth-order valence-corrected chi connectivity index (χ4v) is 1.89. The Balaban J connectivity index is 2.15. The Bertz CT molecular complexity index is 446. The van der Waals surface area contributed by atoms with Crippen LogP contribution in [-0.4, -0.2) is 62.4 Å². The van der Waals surface area contributed by atoms with Gasteiger partial charge in [-0.15, -0.1) is 0 Å². The number of benzene rings is 1. The summed E-state index contributed by atoms with van der Waals surface area (Å²) in [5.41, 5.74) is 1.28. The maximum absolute atomic E-state index is 11.7. The number of carbonyl (C=O) groups is 2. The predicted molar refractivity (Wildman–Crippen MR) is 84.0 cm³/mol. The van der Waals surface area contributed by atoms with Crippen molar-refractivity contribution in [1.29, 1.82) is 0 Å². The van der Waals surface area contributed by atoms with Crippen molar-refractivity contribution in [2.24, 2.45) is 0 Å². The lowest BCUT2D eigenvalue weighted by molar-refractivity contribution is -0.130. The topological polar surface area (TPSA) is 52.7 Å². The van der Waals surface area contributed by atoms with E-state index in [1.54, 1.807) is 26.0 Å². The number of nitrogens with one attached hydrogen (secondary N) is 1. The summed E-state index contributed by atoms with van der Waals surface area (Å²) in [6, 6.07) is 10.2. The highest BCUT2D eigenvalue weighted by atomic mass is 16.2. The third-order valence-corrected chi connectivity index (χ3v) is 3.12.